The van der Waals surface area contributed by atoms with Gasteiger partial charge in [0.25, 0.3) is 5.69 Å². The Kier molecular flexibility index (Phi) is 4.78. The monoisotopic (exact) mass is 355 g/mol. The lowest BCUT2D eigenvalue weighted by Gasteiger charge is -2.18. The first-order valence-corrected chi connectivity index (χ1v) is 8.69. The van der Waals surface area contributed by atoms with Gasteiger partial charge in [0.2, 0.25) is 0 Å². The fraction of sp³-hybridized carbons (Fsp3) is 0.357. The van der Waals surface area contributed by atoms with Crippen LogP contribution in [0.25, 0.3) is 0 Å². The first-order chi connectivity index (χ1) is 11.1. The van der Waals surface area contributed by atoms with E-state index in [1.54, 1.807) is 0 Å². The van der Waals surface area contributed by atoms with E-state index in [0.717, 1.165) is 24.5 Å². The van der Waals surface area contributed by atoms with Gasteiger partial charge in [0, 0.05) is 12.8 Å². The van der Waals surface area contributed by atoms with Gasteiger partial charge in [-0.1, -0.05) is 0 Å². The van der Waals surface area contributed by atoms with Crippen molar-refractivity contribution in [3.05, 3.63) is 33.9 Å². The summed E-state index contributed by atoms with van der Waals surface area (Å²) in [6, 6.07) is 2.81. The lowest BCUT2D eigenvalue weighted by molar-refractivity contribution is -0.385. The fourth-order valence-corrected chi connectivity index (χ4v) is 2.90. The summed E-state index contributed by atoms with van der Waals surface area (Å²) in [5, 5.41) is 11.2. The quantitative estimate of drug-likeness (QED) is 0.251. The summed E-state index contributed by atoms with van der Waals surface area (Å²) in [6.07, 6.45) is 1.23. The Morgan fingerprint density at radius 1 is 1.25 bits per heavy atom. The van der Waals surface area contributed by atoms with E-state index < -0.39 is 49.6 Å². The number of hydrogen-bond acceptors (Lipinski definition) is 8. The molecule has 1 fully saturated rings. The molecule has 0 aromatic heterocycles. The van der Waals surface area contributed by atoms with Gasteiger partial charge in [-0.25, -0.2) is 0 Å². The molecule has 1 aromatic rings. The Hall–Kier alpha value is -2.62. The van der Waals surface area contributed by atoms with Gasteiger partial charge >= 0.3 is 10.1 Å². The number of Topliss-reactive ketones (excluding diaryl/α,β-unsaturated/α-hetero) is 3. The van der Waals surface area contributed by atoms with Crippen LogP contribution in [-0.2, 0) is 19.7 Å². The van der Waals surface area contributed by atoms with Crippen molar-refractivity contribution < 1.29 is 31.9 Å². The summed E-state index contributed by atoms with van der Waals surface area (Å²) in [6.45, 7) is 0. The number of nitro benzene ring substituents is 1. The van der Waals surface area contributed by atoms with Crippen molar-refractivity contribution in [3.8, 4) is 5.75 Å². The molecule has 1 aromatic carbocycles. The number of nitro groups is 1. The molecule has 0 amide bonds. The summed E-state index contributed by atoms with van der Waals surface area (Å²) >= 11 is 0. The van der Waals surface area contributed by atoms with Gasteiger partial charge < -0.3 is 4.18 Å². The number of nitrogens with zero attached hydrogens (tertiary/aromatic N) is 1. The molecular weight excluding hydrogens is 342 g/mol. The Labute approximate surface area is 136 Å². The third-order valence-electron chi connectivity index (χ3n) is 3.43. The molecule has 0 spiro atoms. The summed E-state index contributed by atoms with van der Waals surface area (Å²) in [4.78, 5) is 46.4. The summed E-state index contributed by atoms with van der Waals surface area (Å²) in [5.74, 6) is -3.98. The van der Waals surface area contributed by atoms with Gasteiger partial charge in [0.1, 0.15) is 11.7 Å². The highest BCUT2D eigenvalue weighted by molar-refractivity contribution is 7.86. The number of carbonyl (C=O) groups is 3. The minimum absolute atomic E-state index is 0.0607. The zero-order valence-corrected chi connectivity index (χ0v) is 13.4. The highest BCUT2D eigenvalue weighted by atomic mass is 32.2. The van der Waals surface area contributed by atoms with Gasteiger partial charge in [0.05, 0.1) is 22.8 Å². The highest BCUT2D eigenvalue weighted by Crippen LogP contribution is 2.30. The minimum Gasteiger partial charge on any atom is -0.382 e. The van der Waals surface area contributed by atoms with E-state index in [9.17, 15) is 32.9 Å². The lowest BCUT2D eigenvalue weighted by atomic mass is 9.81. The van der Waals surface area contributed by atoms with E-state index in [-0.39, 0.29) is 18.6 Å². The predicted molar refractivity (Wildman–Crippen MR) is 80.3 cm³/mol. The second-order valence-electron chi connectivity index (χ2n) is 5.31. The first kappa shape index (κ1) is 17.7. The van der Waals surface area contributed by atoms with E-state index in [1.165, 1.54) is 0 Å². The zero-order chi connectivity index (χ0) is 18.1. The molecule has 0 saturated heterocycles. The van der Waals surface area contributed by atoms with Crippen LogP contribution in [-0.4, -0.2) is 36.9 Å². The number of benzene rings is 1. The van der Waals surface area contributed by atoms with Gasteiger partial charge in [-0.05, 0) is 18.6 Å². The zero-order valence-electron chi connectivity index (χ0n) is 12.6. The summed E-state index contributed by atoms with van der Waals surface area (Å²) < 4.78 is 26.7. The Balaban J connectivity index is 2.45. The van der Waals surface area contributed by atoms with Crippen molar-refractivity contribution in [3.63, 3.8) is 0 Å². The number of hydrogen-bond donors (Lipinski definition) is 0. The van der Waals surface area contributed by atoms with E-state index in [2.05, 4.69) is 4.18 Å². The molecule has 0 N–H and O–H groups in total. The standard InChI is InChI=1S/C14H13NO8S/c1-24(21,22)23-8-5-6-9(10(7-8)15(19)20)14(18)13-11(16)3-2-4-12(13)17/h5-7,13H,2-4H2,1H3. The normalized spacial score (nSPS) is 16.0. The second-order valence-corrected chi connectivity index (χ2v) is 6.88. The van der Waals surface area contributed by atoms with Crippen LogP contribution >= 0.6 is 0 Å². The molecule has 0 bridgehead atoms. The maximum Gasteiger partial charge on any atom is 0.306 e. The average Bonchev–Trinajstić information content (AvgIpc) is 2.45. The topological polar surface area (TPSA) is 138 Å². The number of rotatable bonds is 5. The van der Waals surface area contributed by atoms with Crippen molar-refractivity contribution in [2.45, 2.75) is 19.3 Å². The first-order valence-electron chi connectivity index (χ1n) is 6.87. The number of ketones is 3. The van der Waals surface area contributed by atoms with E-state index in [0.29, 0.717) is 6.42 Å². The third kappa shape index (κ3) is 3.82. The van der Waals surface area contributed by atoms with E-state index >= 15 is 0 Å². The largest absolute Gasteiger partial charge is 0.382 e. The van der Waals surface area contributed by atoms with Crippen LogP contribution in [0.4, 0.5) is 5.69 Å². The van der Waals surface area contributed by atoms with Crippen LogP contribution in [0, 0.1) is 16.0 Å². The molecule has 1 aliphatic carbocycles. The van der Waals surface area contributed by atoms with E-state index in [1.807, 2.05) is 0 Å². The molecule has 0 atom stereocenters. The molecule has 0 aliphatic heterocycles. The molecule has 1 saturated carbocycles. The lowest BCUT2D eigenvalue weighted by Crippen LogP contribution is -2.35. The molecular formula is C14H13NO8S. The van der Waals surface area contributed by atoms with Crippen molar-refractivity contribution >= 4 is 33.2 Å². The molecule has 24 heavy (non-hydrogen) atoms. The summed E-state index contributed by atoms with van der Waals surface area (Å²) in [7, 11) is -3.91. The minimum atomic E-state index is -3.91. The van der Waals surface area contributed by atoms with Crippen LogP contribution in [0.5, 0.6) is 5.75 Å². The van der Waals surface area contributed by atoms with Crippen LogP contribution in [0.1, 0.15) is 29.6 Å². The Bertz CT molecular complexity index is 826. The molecule has 0 radical (unpaired) electrons. The maximum atomic E-state index is 12.4. The highest BCUT2D eigenvalue weighted by Gasteiger charge is 2.39. The molecule has 10 heteroatoms. The van der Waals surface area contributed by atoms with Crippen LogP contribution in [0.15, 0.2) is 18.2 Å². The molecule has 1 aliphatic rings. The predicted octanol–water partition coefficient (Wildman–Crippen LogP) is 1.05. The van der Waals surface area contributed by atoms with Gasteiger partial charge in [-0.3, -0.25) is 24.5 Å². The number of carbonyl (C=O) groups excluding carboxylic acids is 3. The van der Waals surface area contributed by atoms with Gasteiger partial charge in [0.15, 0.2) is 17.3 Å². The van der Waals surface area contributed by atoms with Crippen LogP contribution < -0.4 is 4.18 Å². The molecule has 0 unspecified atom stereocenters. The van der Waals surface area contributed by atoms with Crippen LogP contribution in [0.2, 0.25) is 0 Å². The second kappa shape index (κ2) is 6.48. The SMILES string of the molecule is CS(=O)(=O)Oc1ccc(C(=O)C2C(=O)CCCC2=O)c([N+](=O)[O-])c1. The molecule has 2 rings (SSSR count). The van der Waals surface area contributed by atoms with Crippen molar-refractivity contribution in [1.82, 2.24) is 0 Å². The van der Waals surface area contributed by atoms with Crippen molar-refractivity contribution in [2.24, 2.45) is 5.92 Å². The molecule has 9 nitrogen and oxygen atoms in total. The van der Waals surface area contributed by atoms with Crippen molar-refractivity contribution in [2.75, 3.05) is 6.26 Å². The smallest absolute Gasteiger partial charge is 0.306 e. The van der Waals surface area contributed by atoms with Gasteiger partial charge in [-0.2, -0.15) is 8.42 Å². The Morgan fingerprint density at radius 2 is 1.83 bits per heavy atom. The maximum absolute atomic E-state index is 12.4. The van der Waals surface area contributed by atoms with Crippen molar-refractivity contribution in [1.29, 1.82) is 0 Å². The Morgan fingerprint density at radius 3 is 2.33 bits per heavy atom. The fourth-order valence-electron chi connectivity index (χ4n) is 2.45. The summed E-state index contributed by atoms with van der Waals surface area (Å²) in [5.41, 5.74) is -1.17. The molecule has 0 heterocycles. The van der Waals surface area contributed by atoms with E-state index in [4.69, 9.17) is 0 Å². The average molecular weight is 355 g/mol. The third-order valence-corrected chi connectivity index (χ3v) is 3.93. The van der Waals surface area contributed by atoms with Gasteiger partial charge in [-0.15, -0.1) is 0 Å². The van der Waals surface area contributed by atoms with Crippen LogP contribution in [0.3, 0.4) is 0 Å². The molecule has 128 valence electrons.